The monoisotopic (exact) mass is 632 g/mol. The molecule has 0 radical (unpaired) electrons. The van der Waals surface area contributed by atoms with Gasteiger partial charge in [0.2, 0.25) is 0 Å². The minimum absolute atomic E-state index is 0.879. The summed E-state index contributed by atoms with van der Waals surface area (Å²) in [5, 5.41) is 8.93. The van der Waals surface area contributed by atoms with E-state index in [0.29, 0.717) is 0 Å². The third-order valence-electron chi connectivity index (χ3n) is 3.41. The number of hydrogen-bond donors (Lipinski definition) is 0. The van der Waals surface area contributed by atoms with Crippen molar-refractivity contribution in [1.82, 2.24) is 0 Å². The van der Waals surface area contributed by atoms with Gasteiger partial charge in [0, 0.05) is 0 Å². The summed E-state index contributed by atoms with van der Waals surface area (Å²) in [6.45, 7) is 0. The van der Waals surface area contributed by atoms with Crippen LogP contribution < -0.4 is 7.16 Å². The van der Waals surface area contributed by atoms with Gasteiger partial charge in [-0.15, -0.1) is 0 Å². The van der Waals surface area contributed by atoms with Crippen molar-refractivity contribution in [3.05, 3.63) is 84.9 Å². The summed E-state index contributed by atoms with van der Waals surface area (Å²) in [5.41, 5.74) is 1.87. The third kappa shape index (κ3) is 4.33. The van der Waals surface area contributed by atoms with E-state index >= 15 is 0 Å². The molecule has 0 aromatic heterocycles. The Morgan fingerprint density at radius 2 is 1.17 bits per heavy atom. The van der Waals surface area contributed by atoms with E-state index in [-0.39, 0.29) is 0 Å². The first-order valence-corrected chi connectivity index (χ1v) is 26.7. The molecule has 0 aliphatic heterocycles. The Labute approximate surface area is 159 Å². The second-order valence-corrected chi connectivity index (χ2v) is 47.0. The molecule has 0 saturated carbocycles. The number of hydrogen-bond acceptors (Lipinski definition) is 2. The van der Waals surface area contributed by atoms with Gasteiger partial charge in [-0.25, -0.2) is 0 Å². The molecule has 0 atom stereocenters. The first-order chi connectivity index (χ1) is 11.2. The van der Waals surface area contributed by atoms with Crippen LogP contribution >= 0.6 is 37.3 Å². The van der Waals surface area contributed by atoms with Gasteiger partial charge in [-0.3, -0.25) is 0 Å². The molecular weight excluding hydrogens is 617 g/mol. The predicted molar refractivity (Wildman–Crippen MR) is 117 cm³/mol. The standard InChI is InChI=1S/C12H9N2.C6H5.2HI.Sn/c1-3-7-11(8-4-1)13-14-12-9-5-2-6-10-12;1-2-4-6-5-3-1;;;/h1-9H;1-5H;2*1H;/q;;;;+2/p-2. The SMILES string of the molecule is [I][Sn]([I])([c]1ccccc1)[c]1ccccc1N=Nc1ccccc1. The molecule has 0 N–H and O–H groups in total. The minimum atomic E-state index is -2.70. The van der Waals surface area contributed by atoms with Gasteiger partial charge in [0.05, 0.1) is 0 Å². The van der Waals surface area contributed by atoms with Gasteiger partial charge < -0.3 is 0 Å². The van der Waals surface area contributed by atoms with Crippen molar-refractivity contribution in [2.75, 3.05) is 0 Å². The van der Waals surface area contributed by atoms with Gasteiger partial charge >= 0.3 is 161 Å². The van der Waals surface area contributed by atoms with Crippen LogP contribution in [-0.2, 0) is 0 Å². The van der Waals surface area contributed by atoms with Crippen molar-refractivity contribution >= 4 is 66.2 Å². The molecule has 5 heteroatoms. The van der Waals surface area contributed by atoms with E-state index in [1.54, 1.807) is 0 Å². The van der Waals surface area contributed by atoms with Crippen molar-refractivity contribution in [1.29, 1.82) is 0 Å². The Kier molecular flexibility index (Phi) is 6.08. The Bertz CT molecular complexity index is 806. The van der Waals surface area contributed by atoms with Crippen LogP contribution in [0.4, 0.5) is 11.4 Å². The summed E-state index contributed by atoms with van der Waals surface area (Å²) < 4.78 is 2.80. The van der Waals surface area contributed by atoms with Crippen molar-refractivity contribution < 1.29 is 0 Å². The van der Waals surface area contributed by atoms with E-state index in [1.165, 1.54) is 7.16 Å². The summed E-state index contributed by atoms with van der Waals surface area (Å²) in [6.07, 6.45) is 0. The molecule has 2 nitrogen and oxygen atoms in total. The topological polar surface area (TPSA) is 24.7 Å². The summed E-state index contributed by atoms with van der Waals surface area (Å²) in [4.78, 5) is 0. The van der Waals surface area contributed by atoms with E-state index in [2.05, 4.69) is 96.0 Å². The fraction of sp³-hybridized carbons (Fsp3) is 0. The van der Waals surface area contributed by atoms with Crippen LogP contribution in [0.15, 0.2) is 95.2 Å². The molecule has 3 aromatic carbocycles. The first kappa shape index (κ1) is 17.3. The molecule has 114 valence electrons. The molecule has 0 saturated heterocycles. The fourth-order valence-electron chi connectivity index (χ4n) is 2.24. The average Bonchev–Trinajstić information content (AvgIpc) is 2.62. The van der Waals surface area contributed by atoms with Gasteiger partial charge in [-0.2, -0.15) is 0 Å². The normalized spacial score (nSPS) is 11.7. The van der Waals surface area contributed by atoms with E-state index in [0.717, 1.165) is 11.4 Å². The van der Waals surface area contributed by atoms with Gasteiger partial charge in [0.25, 0.3) is 0 Å². The van der Waals surface area contributed by atoms with Gasteiger partial charge in [-0.05, 0) is 0 Å². The molecule has 23 heavy (non-hydrogen) atoms. The van der Waals surface area contributed by atoms with E-state index in [4.69, 9.17) is 0 Å². The number of nitrogens with zero attached hydrogens (tertiary/aromatic N) is 2. The Balaban J connectivity index is 2.00. The Morgan fingerprint density at radius 1 is 0.609 bits per heavy atom. The number of rotatable bonds is 4. The van der Waals surface area contributed by atoms with Crippen LogP contribution in [0, 0.1) is 0 Å². The van der Waals surface area contributed by atoms with Crippen LogP contribution in [-0.4, -0.2) is 10.4 Å². The molecule has 3 rings (SSSR count). The predicted octanol–water partition coefficient (Wildman–Crippen LogP) is 5.53. The Morgan fingerprint density at radius 3 is 1.87 bits per heavy atom. The van der Waals surface area contributed by atoms with Crippen molar-refractivity contribution in [3.63, 3.8) is 0 Å². The number of halogens is 2. The van der Waals surface area contributed by atoms with Gasteiger partial charge in [0.15, 0.2) is 0 Å². The molecule has 0 aliphatic rings. The molecule has 0 amide bonds. The van der Waals surface area contributed by atoms with Crippen LogP contribution in [0.1, 0.15) is 0 Å². The average molecular weight is 631 g/mol. The molecule has 0 heterocycles. The van der Waals surface area contributed by atoms with Crippen LogP contribution in [0.25, 0.3) is 0 Å². The summed E-state index contributed by atoms with van der Waals surface area (Å²) in [7, 11) is -2.70. The molecule has 0 spiro atoms. The van der Waals surface area contributed by atoms with Crippen LogP contribution in [0.5, 0.6) is 0 Å². The number of benzene rings is 3. The molecule has 0 aliphatic carbocycles. The zero-order valence-electron chi connectivity index (χ0n) is 12.2. The summed E-state index contributed by atoms with van der Waals surface area (Å²) in [6, 6.07) is 29.1. The zero-order chi connectivity index (χ0) is 16.1. The zero-order valence-corrected chi connectivity index (χ0v) is 19.4. The first-order valence-electron chi connectivity index (χ1n) is 7.17. The summed E-state index contributed by atoms with van der Waals surface area (Å²) in [5.74, 6) is 0. The quantitative estimate of drug-likeness (QED) is 0.206. The fourth-order valence-corrected chi connectivity index (χ4v) is 18.0. The molecular formula is C18H14I2N2Sn. The van der Waals surface area contributed by atoms with E-state index < -0.39 is 10.4 Å². The maximum atomic E-state index is 4.54. The molecule has 0 fully saturated rings. The van der Waals surface area contributed by atoms with E-state index in [9.17, 15) is 0 Å². The van der Waals surface area contributed by atoms with Gasteiger partial charge in [-0.1, -0.05) is 0 Å². The maximum absolute atomic E-state index is 4.54. The molecule has 0 bridgehead atoms. The molecule has 3 aromatic rings. The second kappa shape index (κ2) is 8.06. The Hall–Kier alpha value is -0.481. The van der Waals surface area contributed by atoms with Crippen molar-refractivity contribution in [2.45, 2.75) is 0 Å². The van der Waals surface area contributed by atoms with Crippen molar-refractivity contribution in [2.24, 2.45) is 10.2 Å². The second-order valence-electron chi connectivity index (χ2n) is 4.99. The van der Waals surface area contributed by atoms with Crippen molar-refractivity contribution in [3.8, 4) is 0 Å². The van der Waals surface area contributed by atoms with Gasteiger partial charge in [0.1, 0.15) is 0 Å². The number of azo groups is 1. The van der Waals surface area contributed by atoms with Crippen LogP contribution in [0.2, 0.25) is 0 Å². The molecule has 0 unspecified atom stereocenters. The van der Waals surface area contributed by atoms with E-state index in [1.807, 2.05) is 36.4 Å². The third-order valence-corrected chi connectivity index (χ3v) is 25.7. The summed E-state index contributed by atoms with van der Waals surface area (Å²) >= 11 is 5.36. The van der Waals surface area contributed by atoms with Crippen LogP contribution in [0.3, 0.4) is 0 Å².